The fourth-order valence-electron chi connectivity index (χ4n) is 6.68. The van der Waals surface area contributed by atoms with Gasteiger partial charge in [-0.15, -0.1) is 0 Å². The van der Waals surface area contributed by atoms with Crippen LogP contribution in [0.3, 0.4) is 0 Å². The van der Waals surface area contributed by atoms with Crippen molar-refractivity contribution in [2.45, 2.75) is 83.5 Å². The van der Waals surface area contributed by atoms with Crippen LogP contribution in [-0.4, -0.2) is 43.7 Å². The molecule has 2 aromatic carbocycles. The van der Waals surface area contributed by atoms with Crippen molar-refractivity contribution in [3.05, 3.63) is 101 Å². The molecule has 2 fully saturated rings. The van der Waals surface area contributed by atoms with E-state index in [2.05, 4.69) is 36.4 Å². The van der Waals surface area contributed by atoms with Gasteiger partial charge in [0.15, 0.2) is 0 Å². The molecule has 2 aliphatic rings. The van der Waals surface area contributed by atoms with Gasteiger partial charge in [-0.25, -0.2) is 9.48 Å². The molecule has 0 spiro atoms. The standard InChI is InChI=1S/C36H39F3N6O2/c1-22-5-12-27(13-6-22)45-32(20-31(43-45)35(2,3)4)42-34(47)41-26-10-7-23(8-11-26)17-24-18-28-14-15-29(19-24)44(28)33(46)25-9-16-30(40-21-25)36(37,38)39/h5-13,16,20-21,24,28-29H,14-15,17-19H2,1-4H3,(H2,41,42,47). The molecule has 0 radical (unpaired) electrons. The Kier molecular flexibility index (Phi) is 8.59. The number of aryl methyl sites for hydroxylation is 1. The summed E-state index contributed by atoms with van der Waals surface area (Å²) in [5, 5.41) is 10.7. The second-order valence-corrected chi connectivity index (χ2v) is 13.8. The number of hydrogen-bond acceptors (Lipinski definition) is 4. The highest BCUT2D eigenvalue weighted by atomic mass is 19.4. The van der Waals surface area contributed by atoms with E-state index < -0.39 is 11.9 Å². The van der Waals surface area contributed by atoms with Crippen LogP contribution in [0.5, 0.6) is 0 Å². The second-order valence-electron chi connectivity index (χ2n) is 13.8. The molecule has 0 aliphatic carbocycles. The largest absolute Gasteiger partial charge is 0.433 e. The van der Waals surface area contributed by atoms with Gasteiger partial charge in [-0.2, -0.15) is 18.3 Å². The van der Waals surface area contributed by atoms with Gasteiger partial charge in [-0.1, -0.05) is 50.6 Å². The summed E-state index contributed by atoms with van der Waals surface area (Å²) >= 11 is 0. The maximum absolute atomic E-state index is 13.2. The molecule has 47 heavy (non-hydrogen) atoms. The number of halogens is 3. The predicted octanol–water partition coefficient (Wildman–Crippen LogP) is 8.16. The van der Waals surface area contributed by atoms with Crippen molar-refractivity contribution in [2.75, 3.05) is 10.6 Å². The third kappa shape index (κ3) is 7.18. The summed E-state index contributed by atoms with van der Waals surface area (Å²) in [6, 6.07) is 19.5. The zero-order valence-corrected chi connectivity index (χ0v) is 26.9. The first-order chi connectivity index (χ1) is 22.2. The summed E-state index contributed by atoms with van der Waals surface area (Å²) in [6.45, 7) is 8.26. The minimum absolute atomic E-state index is 0.0605. The van der Waals surface area contributed by atoms with E-state index in [1.54, 1.807) is 4.68 Å². The Hall–Kier alpha value is -4.67. The minimum atomic E-state index is -4.54. The first-order valence-corrected chi connectivity index (χ1v) is 15.9. The first kappa shape index (κ1) is 32.3. The van der Waals surface area contributed by atoms with Crippen LogP contribution in [-0.2, 0) is 18.0 Å². The molecule has 0 saturated carbocycles. The SMILES string of the molecule is Cc1ccc(-n2nc(C(C)(C)C)cc2NC(=O)Nc2ccc(CC3CC4CCC(C3)N4C(=O)c3ccc(C(F)(F)F)nc3)cc2)cc1. The van der Waals surface area contributed by atoms with Crippen LogP contribution in [0.25, 0.3) is 5.69 Å². The van der Waals surface area contributed by atoms with Gasteiger partial charge < -0.3 is 10.2 Å². The number of carbonyl (C=O) groups excluding carboxylic acids is 2. The van der Waals surface area contributed by atoms with E-state index in [1.165, 1.54) is 6.07 Å². The molecule has 8 nitrogen and oxygen atoms in total. The van der Waals surface area contributed by atoms with Crippen molar-refractivity contribution in [2.24, 2.45) is 5.92 Å². The Morgan fingerprint density at radius 1 is 0.872 bits per heavy atom. The molecular formula is C36H39F3N6O2. The van der Waals surface area contributed by atoms with Crippen molar-refractivity contribution < 1.29 is 22.8 Å². The summed E-state index contributed by atoms with van der Waals surface area (Å²) in [5.74, 6) is 0.702. The number of nitrogens with zero attached hydrogens (tertiary/aromatic N) is 4. The molecule has 246 valence electrons. The lowest BCUT2D eigenvalue weighted by Crippen LogP contribution is -2.47. The van der Waals surface area contributed by atoms with Crippen LogP contribution in [0, 0.1) is 12.8 Å². The van der Waals surface area contributed by atoms with Gasteiger partial charge in [-0.3, -0.25) is 15.1 Å². The number of anilines is 2. The van der Waals surface area contributed by atoms with E-state index in [4.69, 9.17) is 5.10 Å². The highest BCUT2D eigenvalue weighted by Gasteiger charge is 2.43. The van der Waals surface area contributed by atoms with Crippen molar-refractivity contribution in [3.8, 4) is 5.69 Å². The number of benzene rings is 2. The third-order valence-electron chi connectivity index (χ3n) is 9.10. The fraction of sp³-hybridized carbons (Fsp3) is 0.389. The maximum Gasteiger partial charge on any atom is 0.433 e. The number of amides is 3. The Labute approximate surface area is 272 Å². The van der Waals surface area contributed by atoms with E-state index in [0.717, 1.165) is 66.9 Å². The third-order valence-corrected chi connectivity index (χ3v) is 9.10. The molecule has 2 aromatic heterocycles. The molecule has 6 rings (SSSR count). The molecule has 2 bridgehead atoms. The molecule has 4 aromatic rings. The van der Waals surface area contributed by atoms with Gasteiger partial charge in [0, 0.05) is 35.4 Å². The number of nitrogens with one attached hydrogen (secondary N) is 2. The van der Waals surface area contributed by atoms with Gasteiger partial charge in [-0.05, 0) is 86.9 Å². The number of carbonyl (C=O) groups is 2. The number of alkyl halides is 3. The zero-order valence-electron chi connectivity index (χ0n) is 26.9. The molecule has 2 aliphatic heterocycles. The number of fused-ring (bicyclic) bond motifs is 2. The normalized spacial score (nSPS) is 19.5. The molecule has 4 heterocycles. The highest BCUT2D eigenvalue weighted by Crippen LogP contribution is 2.41. The van der Waals surface area contributed by atoms with Crippen LogP contribution in [0.4, 0.5) is 29.5 Å². The zero-order chi connectivity index (χ0) is 33.5. The lowest BCUT2D eigenvalue weighted by molar-refractivity contribution is -0.141. The van der Waals surface area contributed by atoms with E-state index >= 15 is 0 Å². The van der Waals surface area contributed by atoms with Gasteiger partial charge >= 0.3 is 12.2 Å². The molecule has 2 unspecified atom stereocenters. The van der Waals surface area contributed by atoms with Gasteiger partial charge in [0.25, 0.3) is 5.91 Å². The minimum Gasteiger partial charge on any atom is -0.333 e. The Morgan fingerprint density at radius 2 is 1.53 bits per heavy atom. The monoisotopic (exact) mass is 644 g/mol. The Bertz CT molecular complexity index is 1730. The number of hydrogen-bond donors (Lipinski definition) is 2. The quantitative estimate of drug-likeness (QED) is 0.222. The lowest BCUT2D eigenvalue weighted by atomic mass is 9.85. The average molecular weight is 645 g/mol. The lowest BCUT2D eigenvalue weighted by Gasteiger charge is -2.39. The van der Waals surface area contributed by atoms with Crippen LogP contribution < -0.4 is 10.6 Å². The molecule has 2 atom stereocenters. The van der Waals surface area contributed by atoms with E-state index in [1.807, 2.05) is 66.4 Å². The molecule has 11 heteroatoms. The number of pyridine rings is 1. The first-order valence-electron chi connectivity index (χ1n) is 15.9. The molecule has 2 saturated heterocycles. The molecular weight excluding hydrogens is 605 g/mol. The Balaban J connectivity index is 1.06. The van der Waals surface area contributed by atoms with Gasteiger partial charge in [0.05, 0.1) is 16.9 Å². The van der Waals surface area contributed by atoms with Crippen LogP contribution >= 0.6 is 0 Å². The number of aromatic nitrogens is 3. The van der Waals surface area contributed by atoms with Crippen LogP contribution in [0.2, 0.25) is 0 Å². The van der Waals surface area contributed by atoms with Gasteiger partial charge in [0.1, 0.15) is 11.5 Å². The van der Waals surface area contributed by atoms with E-state index in [0.29, 0.717) is 17.4 Å². The Morgan fingerprint density at radius 3 is 2.11 bits per heavy atom. The number of piperidine rings is 1. The topological polar surface area (TPSA) is 92.2 Å². The van der Waals surface area contributed by atoms with Gasteiger partial charge in [0.2, 0.25) is 0 Å². The average Bonchev–Trinajstić information content (AvgIpc) is 3.56. The summed E-state index contributed by atoms with van der Waals surface area (Å²) in [6.07, 6.45) is 0.789. The summed E-state index contributed by atoms with van der Waals surface area (Å²) in [5.41, 5.74) is 3.63. The van der Waals surface area contributed by atoms with Crippen molar-refractivity contribution in [3.63, 3.8) is 0 Å². The number of rotatable bonds is 6. The maximum atomic E-state index is 13.2. The molecule has 3 amide bonds. The van der Waals surface area contributed by atoms with Crippen molar-refractivity contribution in [1.82, 2.24) is 19.7 Å². The van der Waals surface area contributed by atoms with E-state index in [9.17, 15) is 22.8 Å². The number of urea groups is 1. The van der Waals surface area contributed by atoms with Crippen LogP contribution in [0.1, 0.15) is 79.3 Å². The predicted molar refractivity (Wildman–Crippen MR) is 175 cm³/mol. The summed E-state index contributed by atoms with van der Waals surface area (Å²) < 4.78 is 40.5. The smallest absolute Gasteiger partial charge is 0.333 e. The highest BCUT2D eigenvalue weighted by molar-refractivity contribution is 5.99. The van der Waals surface area contributed by atoms with E-state index in [-0.39, 0.29) is 35.0 Å². The molecule has 2 N–H and O–H groups in total. The fourth-order valence-corrected chi connectivity index (χ4v) is 6.68. The second kappa shape index (κ2) is 12.5. The van der Waals surface area contributed by atoms with Crippen molar-refractivity contribution >= 4 is 23.4 Å². The summed E-state index contributed by atoms with van der Waals surface area (Å²) in [4.78, 5) is 31.6. The van der Waals surface area contributed by atoms with Crippen LogP contribution in [0.15, 0.2) is 72.9 Å². The van der Waals surface area contributed by atoms with Crippen molar-refractivity contribution in [1.29, 1.82) is 0 Å². The summed E-state index contributed by atoms with van der Waals surface area (Å²) in [7, 11) is 0.